The number of Topliss-reactive ketones (excluding diaryl/α,β-unsaturated/α-hetero) is 1. The van der Waals surface area contributed by atoms with Gasteiger partial charge in [-0.15, -0.1) is 15.0 Å². The highest BCUT2D eigenvalue weighted by Crippen LogP contribution is 2.30. The van der Waals surface area contributed by atoms with Crippen LogP contribution in [0.3, 0.4) is 0 Å². The van der Waals surface area contributed by atoms with Crippen LogP contribution in [0, 0.1) is 6.92 Å². The van der Waals surface area contributed by atoms with Gasteiger partial charge in [0, 0.05) is 16.9 Å². The first kappa shape index (κ1) is 20.6. The van der Waals surface area contributed by atoms with Gasteiger partial charge in [-0.25, -0.2) is 0 Å². The van der Waals surface area contributed by atoms with E-state index >= 15 is 0 Å². The SMILES string of the molecule is CCCCc1cc(C)cc(-n2nc3ccc(Nc4ccccc4C(C)=O)cc3n2)c1O. The van der Waals surface area contributed by atoms with E-state index in [-0.39, 0.29) is 11.5 Å². The van der Waals surface area contributed by atoms with Gasteiger partial charge in [-0.3, -0.25) is 4.79 Å². The molecule has 6 heteroatoms. The molecular weight excluding hydrogens is 388 g/mol. The van der Waals surface area contributed by atoms with Crippen molar-refractivity contribution in [3.63, 3.8) is 0 Å². The Labute approximate surface area is 181 Å². The van der Waals surface area contributed by atoms with Crippen LogP contribution in [-0.2, 0) is 6.42 Å². The van der Waals surface area contributed by atoms with Gasteiger partial charge in [0.25, 0.3) is 0 Å². The first-order valence-corrected chi connectivity index (χ1v) is 10.5. The number of nitrogens with zero attached hydrogens (tertiary/aromatic N) is 3. The van der Waals surface area contributed by atoms with Gasteiger partial charge in [-0.1, -0.05) is 31.5 Å². The molecule has 0 saturated carbocycles. The Morgan fingerprint density at radius 1 is 1.06 bits per heavy atom. The second-order valence-corrected chi connectivity index (χ2v) is 7.82. The molecule has 0 atom stereocenters. The summed E-state index contributed by atoms with van der Waals surface area (Å²) in [5.74, 6) is 0.233. The fourth-order valence-corrected chi connectivity index (χ4v) is 3.70. The summed E-state index contributed by atoms with van der Waals surface area (Å²) >= 11 is 0. The molecule has 0 aliphatic rings. The summed E-state index contributed by atoms with van der Waals surface area (Å²) in [5, 5.41) is 23.3. The van der Waals surface area contributed by atoms with Crippen LogP contribution in [0.1, 0.15) is 48.2 Å². The van der Waals surface area contributed by atoms with Gasteiger partial charge in [-0.05, 0) is 74.2 Å². The number of ketones is 1. The van der Waals surface area contributed by atoms with E-state index in [2.05, 4.69) is 22.4 Å². The maximum absolute atomic E-state index is 11.9. The van der Waals surface area contributed by atoms with Crippen LogP contribution in [0.5, 0.6) is 5.75 Å². The van der Waals surface area contributed by atoms with Crippen LogP contribution in [0.25, 0.3) is 16.7 Å². The average molecular weight is 415 g/mol. The number of phenols is 1. The van der Waals surface area contributed by atoms with Crippen molar-refractivity contribution in [1.82, 2.24) is 15.0 Å². The van der Waals surface area contributed by atoms with Crippen molar-refractivity contribution in [1.29, 1.82) is 0 Å². The van der Waals surface area contributed by atoms with E-state index in [1.165, 1.54) is 4.80 Å². The number of benzene rings is 3. The topological polar surface area (TPSA) is 80.0 Å². The summed E-state index contributed by atoms with van der Waals surface area (Å²) in [6.45, 7) is 5.70. The number of anilines is 2. The van der Waals surface area contributed by atoms with Gasteiger partial charge in [0.1, 0.15) is 22.5 Å². The predicted molar refractivity (Wildman–Crippen MR) is 124 cm³/mol. The number of para-hydroxylation sites is 1. The van der Waals surface area contributed by atoms with Crippen LogP contribution in [0.4, 0.5) is 11.4 Å². The molecule has 2 N–H and O–H groups in total. The molecule has 0 spiro atoms. The van der Waals surface area contributed by atoms with Gasteiger partial charge in [-0.2, -0.15) is 0 Å². The molecule has 6 nitrogen and oxygen atoms in total. The Bertz CT molecular complexity index is 1260. The molecule has 4 rings (SSSR count). The Kier molecular flexibility index (Phi) is 5.71. The smallest absolute Gasteiger partial charge is 0.161 e. The van der Waals surface area contributed by atoms with Gasteiger partial charge in [0.15, 0.2) is 5.78 Å². The molecule has 0 aliphatic heterocycles. The second kappa shape index (κ2) is 8.60. The number of aromatic hydroxyl groups is 1. The van der Waals surface area contributed by atoms with Gasteiger partial charge in [0.2, 0.25) is 0 Å². The normalized spacial score (nSPS) is 11.1. The molecule has 31 heavy (non-hydrogen) atoms. The second-order valence-electron chi connectivity index (χ2n) is 7.82. The van der Waals surface area contributed by atoms with Crippen LogP contribution >= 0.6 is 0 Å². The van der Waals surface area contributed by atoms with Crippen LogP contribution in [-0.4, -0.2) is 25.9 Å². The number of fused-ring (bicyclic) bond motifs is 1. The molecule has 158 valence electrons. The van der Waals surface area contributed by atoms with Crippen LogP contribution in [0.15, 0.2) is 54.6 Å². The lowest BCUT2D eigenvalue weighted by molar-refractivity contribution is 0.101. The number of nitrogens with one attached hydrogen (secondary N) is 1. The van der Waals surface area contributed by atoms with Crippen LogP contribution < -0.4 is 5.32 Å². The van der Waals surface area contributed by atoms with Gasteiger partial charge in [0.05, 0.1) is 0 Å². The monoisotopic (exact) mass is 414 g/mol. The highest BCUT2D eigenvalue weighted by atomic mass is 16.3. The quantitative estimate of drug-likeness (QED) is 0.378. The number of aromatic nitrogens is 3. The molecule has 0 saturated heterocycles. The number of rotatable bonds is 7. The van der Waals surface area contributed by atoms with Crippen molar-refractivity contribution in [2.75, 3.05) is 5.32 Å². The molecule has 3 aromatic carbocycles. The lowest BCUT2D eigenvalue weighted by Gasteiger charge is -2.10. The number of hydrogen-bond acceptors (Lipinski definition) is 5. The minimum absolute atomic E-state index is 0.00363. The molecule has 0 aliphatic carbocycles. The van der Waals surface area contributed by atoms with E-state index in [9.17, 15) is 9.90 Å². The van der Waals surface area contributed by atoms with Crippen molar-refractivity contribution >= 4 is 28.2 Å². The highest BCUT2D eigenvalue weighted by molar-refractivity contribution is 6.00. The van der Waals surface area contributed by atoms with Crippen LogP contribution in [0.2, 0.25) is 0 Å². The Morgan fingerprint density at radius 2 is 1.84 bits per heavy atom. The average Bonchev–Trinajstić information content (AvgIpc) is 3.17. The van der Waals surface area contributed by atoms with Crippen molar-refractivity contribution in [2.45, 2.75) is 40.0 Å². The maximum atomic E-state index is 11.9. The molecule has 0 unspecified atom stereocenters. The largest absolute Gasteiger partial charge is 0.505 e. The summed E-state index contributed by atoms with van der Waals surface area (Å²) in [5.41, 5.74) is 6.17. The molecule has 4 aromatic rings. The lowest BCUT2D eigenvalue weighted by atomic mass is 10.0. The van der Waals surface area contributed by atoms with E-state index in [1.54, 1.807) is 13.0 Å². The first-order valence-electron chi connectivity index (χ1n) is 10.5. The van der Waals surface area contributed by atoms with Crippen molar-refractivity contribution in [2.24, 2.45) is 0 Å². The fourth-order valence-electron chi connectivity index (χ4n) is 3.70. The molecule has 0 amide bonds. The molecular formula is C25H26N4O2. The number of phenolic OH excluding ortho intramolecular Hbond substituents is 1. The molecule has 1 aromatic heterocycles. The Morgan fingerprint density at radius 3 is 2.61 bits per heavy atom. The summed E-state index contributed by atoms with van der Waals surface area (Å²) in [6.07, 6.45) is 2.90. The minimum Gasteiger partial charge on any atom is -0.505 e. The third-order valence-electron chi connectivity index (χ3n) is 5.29. The zero-order valence-corrected chi connectivity index (χ0v) is 18.0. The third kappa shape index (κ3) is 4.28. The zero-order valence-electron chi connectivity index (χ0n) is 18.0. The number of aryl methyl sites for hydroxylation is 2. The number of carbonyl (C=O) groups excluding carboxylic acids is 1. The standard InChI is InChI=1S/C25H26N4O2/c1-4-5-8-18-13-16(2)14-24(25(18)31)29-27-22-12-11-19(15-23(22)28-29)26-21-10-7-6-9-20(21)17(3)30/h6-7,9-15,26,31H,4-5,8H2,1-3H3. The number of hydrogen-bond donors (Lipinski definition) is 2. The van der Waals surface area contributed by atoms with E-state index < -0.39 is 0 Å². The van der Waals surface area contributed by atoms with E-state index in [1.807, 2.05) is 55.5 Å². The summed E-state index contributed by atoms with van der Waals surface area (Å²) in [7, 11) is 0. The maximum Gasteiger partial charge on any atom is 0.161 e. The van der Waals surface area contributed by atoms with E-state index in [0.29, 0.717) is 16.8 Å². The number of carbonyl (C=O) groups is 1. The minimum atomic E-state index is 0.00363. The zero-order chi connectivity index (χ0) is 22.0. The molecule has 0 bridgehead atoms. The third-order valence-corrected chi connectivity index (χ3v) is 5.29. The molecule has 1 heterocycles. The Hall–Kier alpha value is -3.67. The summed E-state index contributed by atoms with van der Waals surface area (Å²) in [4.78, 5) is 13.4. The fraction of sp³-hybridized carbons (Fsp3) is 0.240. The predicted octanol–water partition coefficient (Wildman–Crippen LogP) is 5.72. The lowest BCUT2D eigenvalue weighted by Crippen LogP contribution is -2.02. The molecule has 0 fully saturated rings. The number of unbranched alkanes of at least 4 members (excludes halogenated alkanes) is 1. The van der Waals surface area contributed by atoms with Gasteiger partial charge >= 0.3 is 0 Å². The highest BCUT2D eigenvalue weighted by Gasteiger charge is 2.14. The van der Waals surface area contributed by atoms with E-state index in [0.717, 1.165) is 47.3 Å². The molecule has 0 radical (unpaired) electrons. The van der Waals surface area contributed by atoms with Crippen molar-refractivity contribution in [3.05, 3.63) is 71.3 Å². The first-order chi connectivity index (χ1) is 15.0. The Balaban J connectivity index is 1.69. The van der Waals surface area contributed by atoms with Crippen molar-refractivity contribution < 1.29 is 9.90 Å². The summed E-state index contributed by atoms with van der Waals surface area (Å²) < 4.78 is 0. The van der Waals surface area contributed by atoms with Crippen molar-refractivity contribution in [3.8, 4) is 11.4 Å². The van der Waals surface area contributed by atoms with E-state index in [4.69, 9.17) is 0 Å². The summed E-state index contributed by atoms with van der Waals surface area (Å²) in [6, 6.07) is 17.0. The van der Waals surface area contributed by atoms with Gasteiger partial charge < -0.3 is 10.4 Å².